The first-order valence-corrected chi connectivity index (χ1v) is 9.30. The van der Waals surface area contributed by atoms with Gasteiger partial charge in [-0.15, -0.1) is 0 Å². The number of amides is 1. The fraction of sp³-hybridized carbons (Fsp3) is 0.364. The van der Waals surface area contributed by atoms with Crippen molar-refractivity contribution >= 4 is 11.9 Å². The molecular weight excluding hydrogens is 326 g/mol. The number of hydrogen-bond acceptors (Lipinski definition) is 3. The molecule has 1 amide bonds. The second kappa shape index (κ2) is 8.65. The Balaban J connectivity index is 1.75. The lowest BCUT2D eigenvalue weighted by Gasteiger charge is -2.19. The van der Waals surface area contributed by atoms with E-state index in [-0.39, 0.29) is 5.91 Å². The fourth-order valence-electron chi connectivity index (χ4n) is 3.40. The average molecular weight is 351 g/mol. The molecule has 1 N–H and O–H groups in total. The maximum Gasteiger partial charge on any atom is 0.328 e. The number of ether oxygens (including phenoxy) is 1. The standard InChI is InChI=1S/C22H25NO3/c1-2-26-22(25)20(14-16-8-4-3-5-9-16)23-21(24)19-13-12-17-10-6-7-11-18(17)15-19/h3-5,8-9,12-13,15,20H,2,6-7,10-11,14H2,1H3,(H,23,24). The molecule has 0 spiro atoms. The molecule has 0 saturated carbocycles. The highest BCUT2D eigenvalue weighted by Gasteiger charge is 2.23. The zero-order chi connectivity index (χ0) is 18.4. The van der Waals surface area contributed by atoms with E-state index < -0.39 is 12.0 Å². The SMILES string of the molecule is CCOC(=O)C(Cc1ccccc1)NC(=O)c1ccc2c(c1)CCCC2. The highest BCUT2D eigenvalue weighted by atomic mass is 16.5. The Labute approximate surface area is 154 Å². The van der Waals surface area contributed by atoms with Gasteiger partial charge in [-0.25, -0.2) is 4.79 Å². The van der Waals surface area contributed by atoms with Crippen LogP contribution in [-0.2, 0) is 28.8 Å². The van der Waals surface area contributed by atoms with Crippen molar-refractivity contribution < 1.29 is 14.3 Å². The third kappa shape index (κ3) is 4.51. The van der Waals surface area contributed by atoms with E-state index in [1.165, 1.54) is 17.5 Å². The summed E-state index contributed by atoms with van der Waals surface area (Å²) in [6.07, 6.45) is 4.88. The zero-order valence-electron chi connectivity index (χ0n) is 15.2. The molecule has 1 unspecified atom stereocenters. The van der Waals surface area contributed by atoms with Crippen LogP contribution in [0.5, 0.6) is 0 Å². The molecule has 4 heteroatoms. The third-order valence-electron chi connectivity index (χ3n) is 4.77. The monoisotopic (exact) mass is 351 g/mol. The normalized spacial score (nSPS) is 14.2. The summed E-state index contributed by atoms with van der Waals surface area (Å²) < 4.78 is 5.15. The summed E-state index contributed by atoms with van der Waals surface area (Å²) in [5, 5.41) is 2.86. The van der Waals surface area contributed by atoms with E-state index in [2.05, 4.69) is 5.32 Å². The Morgan fingerprint density at radius 2 is 1.77 bits per heavy atom. The smallest absolute Gasteiger partial charge is 0.328 e. The number of aryl methyl sites for hydroxylation is 2. The molecule has 0 aliphatic heterocycles. The second-order valence-electron chi connectivity index (χ2n) is 6.66. The minimum Gasteiger partial charge on any atom is -0.464 e. The van der Waals surface area contributed by atoms with E-state index in [0.717, 1.165) is 24.8 Å². The Morgan fingerprint density at radius 3 is 2.50 bits per heavy atom. The van der Waals surface area contributed by atoms with E-state index >= 15 is 0 Å². The Hall–Kier alpha value is -2.62. The van der Waals surface area contributed by atoms with E-state index in [4.69, 9.17) is 4.74 Å². The molecule has 2 aromatic rings. The lowest BCUT2D eigenvalue weighted by atomic mass is 9.90. The summed E-state index contributed by atoms with van der Waals surface area (Å²) in [6, 6.07) is 14.8. The highest BCUT2D eigenvalue weighted by Crippen LogP contribution is 2.22. The quantitative estimate of drug-likeness (QED) is 0.811. The molecule has 1 aliphatic carbocycles. The van der Waals surface area contributed by atoms with Gasteiger partial charge in [-0.2, -0.15) is 0 Å². The fourth-order valence-corrected chi connectivity index (χ4v) is 3.40. The Bertz CT molecular complexity index is 770. The predicted octanol–water partition coefficient (Wildman–Crippen LogP) is 3.47. The minimum atomic E-state index is -0.694. The lowest BCUT2D eigenvalue weighted by Crippen LogP contribution is -2.43. The number of carbonyl (C=O) groups is 2. The number of hydrogen-bond donors (Lipinski definition) is 1. The second-order valence-corrected chi connectivity index (χ2v) is 6.66. The first-order valence-electron chi connectivity index (χ1n) is 9.30. The van der Waals surface area contributed by atoms with E-state index in [1.807, 2.05) is 48.5 Å². The third-order valence-corrected chi connectivity index (χ3v) is 4.77. The van der Waals surface area contributed by atoms with Crippen LogP contribution in [-0.4, -0.2) is 24.5 Å². The van der Waals surface area contributed by atoms with Crippen LogP contribution in [0.3, 0.4) is 0 Å². The minimum absolute atomic E-state index is 0.229. The van der Waals surface area contributed by atoms with Crippen molar-refractivity contribution in [2.75, 3.05) is 6.61 Å². The lowest BCUT2D eigenvalue weighted by molar-refractivity contribution is -0.145. The summed E-state index contributed by atoms with van der Waals surface area (Å²) >= 11 is 0. The molecule has 0 heterocycles. The highest BCUT2D eigenvalue weighted by molar-refractivity contribution is 5.97. The molecule has 0 saturated heterocycles. The van der Waals surface area contributed by atoms with Crippen LogP contribution in [0.1, 0.15) is 46.8 Å². The molecule has 136 valence electrons. The Kier molecular flexibility index (Phi) is 6.05. The number of carbonyl (C=O) groups excluding carboxylic acids is 2. The molecule has 1 aliphatic rings. The predicted molar refractivity (Wildman–Crippen MR) is 101 cm³/mol. The summed E-state index contributed by atoms with van der Waals surface area (Å²) in [5.74, 6) is -0.630. The van der Waals surface area contributed by atoms with E-state index in [0.29, 0.717) is 18.6 Å². The van der Waals surface area contributed by atoms with Crippen LogP contribution >= 0.6 is 0 Å². The van der Waals surface area contributed by atoms with Crippen molar-refractivity contribution in [3.05, 3.63) is 70.8 Å². The largest absolute Gasteiger partial charge is 0.464 e. The van der Waals surface area contributed by atoms with Crippen molar-refractivity contribution in [1.82, 2.24) is 5.32 Å². The van der Waals surface area contributed by atoms with Gasteiger partial charge in [0.2, 0.25) is 0 Å². The van der Waals surface area contributed by atoms with Crippen molar-refractivity contribution in [3.63, 3.8) is 0 Å². The van der Waals surface area contributed by atoms with Gasteiger partial charge in [0.1, 0.15) is 6.04 Å². The van der Waals surface area contributed by atoms with Crippen molar-refractivity contribution in [2.24, 2.45) is 0 Å². The summed E-state index contributed by atoms with van der Waals surface area (Å²) in [7, 11) is 0. The number of esters is 1. The number of rotatable bonds is 6. The zero-order valence-corrected chi connectivity index (χ0v) is 15.2. The van der Waals surface area contributed by atoms with Gasteiger partial charge in [0.25, 0.3) is 5.91 Å². The summed E-state index contributed by atoms with van der Waals surface area (Å²) in [5.41, 5.74) is 4.17. The van der Waals surface area contributed by atoms with Crippen LogP contribution in [0.2, 0.25) is 0 Å². The average Bonchev–Trinajstić information content (AvgIpc) is 2.68. The van der Waals surface area contributed by atoms with E-state index in [1.54, 1.807) is 6.92 Å². The van der Waals surface area contributed by atoms with Gasteiger partial charge < -0.3 is 10.1 Å². The van der Waals surface area contributed by atoms with Crippen LogP contribution in [0.25, 0.3) is 0 Å². The molecule has 2 aromatic carbocycles. The van der Waals surface area contributed by atoms with Gasteiger partial charge in [-0.05, 0) is 61.4 Å². The van der Waals surface area contributed by atoms with Crippen LogP contribution in [0.4, 0.5) is 0 Å². The summed E-state index contributed by atoms with van der Waals surface area (Å²) in [6.45, 7) is 2.06. The van der Waals surface area contributed by atoms with E-state index in [9.17, 15) is 9.59 Å². The van der Waals surface area contributed by atoms with Crippen LogP contribution in [0, 0.1) is 0 Å². The van der Waals surface area contributed by atoms with Crippen LogP contribution < -0.4 is 5.32 Å². The first-order chi connectivity index (χ1) is 12.7. The number of benzene rings is 2. The molecule has 26 heavy (non-hydrogen) atoms. The van der Waals surface area contributed by atoms with Gasteiger partial charge in [0.05, 0.1) is 6.61 Å². The molecular formula is C22H25NO3. The van der Waals surface area contributed by atoms with Gasteiger partial charge in [-0.1, -0.05) is 36.4 Å². The topological polar surface area (TPSA) is 55.4 Å². The molecule has 4 nitrogen and oxygen atoms in total. The Morgan fingerprint density at radius 1 is 1.04 bits per heavy atom. The maximum atomic E-state index is 12.7. The van der Waals surface area contributed by atoms with Crippen molar-refractivity contribution in [2.45, 2.75) is 45.1 Å². The van der Waals surface area contributed by atoms with Gasteiger partial charge in [0, 0.05) is 12.0 Å². The maximum absolute atomic E-state index is 12.7. The molecule has 0 radical (unpaired) electrons. The molecule has 0 bridgehead atoms. The summed E-state index contributed by atoms with van der Waals surface area (Å²) in [4.78, 5) is 25.0. The number of nitrogens with one attached hydrogen (secondary N) is 1. The molecule has 1 atom stereocenters. The first kappa shape index (κ1) is 18.2. The van der Waals surface area contributed by atoms with Gasteiger partial charge >= 0.3 is 5.97 Å². The molecule has 0 fully saturated rings. The van der Waals surface area contributed by atoms with Crippen molar-refractivity contribution in [1.29, 1.82) is 0 Å². The van der Waals surface area contributed by atoms with Gasteiger partial charge in [-0.3, -0.25) is 4.79 Å². The molecule has 0 aromatic heterocycles. The van der Waals surface area contributed by atoms with Gasteiger partial charge in [0.15, 0.2) is 0 Å². The molecule has 3 rings (SSSR count). The van der Waals surface area contributed by atoms with Crippen molar-refractivity contribution in [3.8, 4) is 0 Å². The number of fused-ring (bicyclic) bond motifs is 1. The van der Waals surface area contributed by atoms with Crippen LogP contribution in [0.15, 0.2) is 48.5 Å².